The van der Waals surface area contributed by atoms with Crippen molar-refractivity contribution < 1.29 is 9.59 Å². The molecule has 1 aliphatic heterocycles. The van der Waals surface area contributed by atoms with Gasteiger partial charge in [-0.25, -0.2) is 0 Å². The number of hydrogen-bond donors (Lipinski definition) is 1. The van der Waals surface area contributed by atoms with Gasteiger partial charge < -0.3 is 15.5 Å². The minimum Gasteiger partial charge on any atom is -0.341 e. The fraction of sp³-hybridized carbons (Fsp3) is 0.867. The topological polar surface area (TPSA) is 66.6 Å². The van der Waals surface area contributed by atoms with E-state index < -0.39 is 0 Å². The van der Waals surface area contributed by atoms with Crippen LogP contribution in [0.2, 0.25) is 0 Å². The first-order valence-corrected chi connectivity index (χ1v) is 7.86. The molecule has 3 fully saturated rings. The van der Waals surface area contributed by atoms with Crippen molar-refractivity contribution in [2.45, 2.75) is 38.1 Å². The van der Waals surface area contributed by atoms with Crippen molar-refractivity contribution in [3.05, 3.63) is 0 Å². The molecule has 20 heavy (non-hydrogen) atoms. The highest BCUT2D eigenvalue weighted by atomic mass is 16.2. The maximum atomic E-state index is 12.6. The molecule has 1 heterocycles. The Kier molecular flexibility index (Phi) is 3.71. The summed E-state index contributed by atoms with van der Waals surface area (Å²) in [6.07, 6.45) is 5.57. The Morgan fingerprint density at radius 2 is 1.85 bits per heavy atom. The Bertz CT molecular complexity index is 404. The minimum atomic E-state index is -0.0508. The van der Waals surface area contributed by atoms with E-state index in [2.05, 4.69) is 0 Å². The van der Waals surface area contributed by atoms with Crippen LogP contribution in [0, 0.1) is 17.8 Å². The molecule has 2 bridgehead atoms. The third kappa shape index (κ3) is 2.32. The fourth-order valence-electron chi connectivity index (χ4n) is 4.30. The second kappa shape index (κ2) is 5.35. The monoisotopic (exact) mass is 279 g/mol. The van der Waals surface area contributed by atoms with E-state index in [1.165, 1.54) is 6.42 Å². The van der Waals surface area contributed by atoms with E-state index in [9.17, 15) is 9.59 Å². The molecule has 0 spiro atoms. The van der Waals surface area contributed by atoms with Crippen molar-refractivity contribution in [2.24, 2.45) is 23.5 Å². The first kappa shape index (κ1) is 13.9. The van der Waals surface area contributed by atoms with E-state index in [1.54, 1.807) is 11.9 Å². The predicted molar refractivity (Wildman–Crippen MR) is 75.7 cm³/mol. The van der Waals surface area contributed by atoms with Gasteiger partial charge in [-0.1, -0.05) is 0 Å². The van der Waals surface area contributed by atoms with Gasteiger partial charge in [-0.15, -0.1) is 0 Å². The first-order chi connectivity index (χ1) is 9.58. The fourth-order valence-corrected chi connectivity index (χ4v) is 4.30. The Morgan fingerprint density at radius 1 is 1.20 bits per heavy atom. The van der Waals surface area contributed by atoms with Gasteiger partial charge in [-0.3, -0.25) is 9.59 Å². The number of carbonyl (C=O) groups is 2. The number of likely N-dealkylation sites (tertiary alicyclic amines) is 1. The number of rotatable bonds is 3. The molecule has 3 rings (SSSR count). The van der Waals surface area contributed by atoms with Gasteiger partial charge in [0.25, 0.3) is 0 Å². The molecule has 112 valence electrons. The van der Waals surface area contributed by atoms with E-state index in [4.69, 9.17) is 5.73 Å². The standard InChI is InChI=1S/C15H25N3O2/c1-17(9-12(19)18-6-2-3-7-18)15(20)13-10-4-5-11(8-10)14(13)16/h10-11,13-14H,2-9,16H2,1H3. The third-order valence-corrected chi connectivity index (χ3v) is 5.47. The normalized spacial score (nSPS) is 35.6. The molecule has 4 unspecified atom stereocenters. The van der Waals surface area contributed by atoms with Crippen LogP contribution < -0.4 is 5.73 Å². The highest BCUT2D eigenvalue weighted by Crippen LogP contribution is 2.48. The van der Waals surface area contributed by atoms with Crippen LogP contribution in [0.4, 0.5) is 0 Å². The summed E-state index contributed by atoms with van der Waals surface area (Å²) in [6, 6.07) is 0.00517. The van der Waals surface area contributed by atoms with Crippen LogP contribution in [-0.2, 0) is 9.59 Å². The lowest BCUT2D eigenvalue weighted by Crippen LogP contribution is -2.48. The van der Waals surface area contributed by atoms with Crippen LogP contribution in [0.1, 0.15) is 32.1 Å². The first-order valence-electron chi connectivity index (χ1n) is 7.86. The molecule has 2 aliphatic carbocycles. The number of fused-ring (bicyclic) bond motifs is 2. The van der Waals surface area contributed by atoms with Crippen molar-refractivity contribution in [3.8, 4) is 0 Å². The molecular formula is C15H25N3O2. The van der Waals surface area contributed by atoms with Crippen molar-refractivity contribution in [2.75, 3.05) is 26.7 Å². The highest BCUT2D eigenvalue weighted by molar-refractivity contribution is 5.86. The summed E-state index contributed by atoms with van der Waals surface area (Å²) in [7, 11) is 1.75. The molecule has 3 aliphatic rings. The molecule has 2 amide bonds. The van der Waals surface area contributed by atoms with E-state index in [0.717, 1.165) is 38.8 Å². The highest BCUT2D eigenvalue weighted by Gasteiger charge is 2.49. The van der Waals surface area contributed by atoms with E-state index in [0.29, 0.717) is 11.8 Å². The number of likely N-dealkylation sites (N-methyl/N-ethyl adjacent to an activating group) is 1. The van der Waals surface area contributed by atoms with Crippen LogP contribution in [0.15, 0.2) is 0 Å². The van der Waals surface area contributed by atoms with Gasteiger partial charge in [-0.2, -0.15) is 0 Å². The maximum absolute atomic E-state index is 12.6. The zero-order valence-electron chi connectivity index (χ0n) is 12.3. The number of carbonyl (C=O) groups excluding carboxylic acids is 2. The summed E-state index contributed by atoms with van der Waals surface area (Å²) in [4.78, 5) is 28.2. The van der Waals surface area contributed by atoms with Crippen molar-refractivity contribution in [1.82, 2.24) is 9.80 Å². The number of nitrogens with two attached hydrogens (primary N) is 1. The molecular weight excluding hydrogens is 254 g/mol. The molecule has 0 aromatic rings. The number of nitrogens with zero attached hydrogens (tertiary/aromatic N) is 2. The summed E-state index contributed by atoms with van der Waals surface area (Å²) >= 11 is 0. The zero-order chi connectivity index (χ0) is 14.3. The molecule has 2 saturated carbocycles. The second-order valence-corrected chi connectivity index (χ2v) is 6.72. The molecule has 0 radical (unpaired) electrons. The van der Waals surface area contributed by atoms with E-state index >= 15 is 0 Å². The number of hydrogen-bond acceptors (Lipinski definition) is 3. The van der Waals surface area contributed by atoms with Crippen LogP contribution in [0.3, 0.4) is 0 Å². The molecule has 0 aromatic heterocycles. The average molecular weight is 279 g/mol. The van der Waals surface area contributed by atoms with Gasteiger partial charge in [0.2, 0.25) is 11.8 Å². The maximum Gasteiger partial charge on any atom is 0.242 e. The molecule has 4 atom stereocenters. The van der Waals surface area contributed by atoms with Crippen LogP contribution in [0.25, 0.3) is 0 Å². The third-order valence-electron chi connectivity index (χ3n) is 5.47. The predicted octanol–water partition coefficient (Wildman–Crippen LogP) is 0.441. The molecule has 1 saturated heterocycles. The van der Waals surface area contributed by atoms with Gasteiger partial charge in [-0.05, 0) is 43.9 Å². The lowest BCUT2D eigenvalue weighted by molar-refractivity contribution is -0.142. The largest absolute Gasteiger partial charge is 0.341 e. The summed E-state index contributed by atoms with van der Waals surface area (Å²) in [6.45, 7) is 1.89. The lowest BCUT2D eigenvalue weighted by Gasteiger charge is -2.31. The Hall–Kier alpha value is -1.10. The molecule has 0 aromatic carbocycles. The summed E-state index contributed by atoms with van der Waals surface area (Å²) in [5.74, 6) is 1.08. The van der Waals surface area contributed by atoms with Crippen molar-refractivity contribution in [3.63, 3.8) is 0 Å². The van der Waals surface area contributed by atoms with Crippen LogP contribution >= 0.6 is 0 Å². The summed E-state index contributed by atoms with van der Waals surface area (Å²) < 4.78 is 0. The minimum absolute atomic E-state index is 0.00517. The van der Waals surface area contributed by atoms with Crippen molar-refractivity contribution >= 4 is 11.8 Å². The van der Waals surface area contributed by atoms with Gasteiger partial charge in [0.15, 0.2) is 0 Å². The quantitative estimate of drug-likeness (QED) is 0.815. The van der Waals surface area contributed by atoms with Gasteiger partial charge in [0.05, 0.1) is 12.5 Å². The second-order valence-electron chi connectivity index (χ2n) is 6.72. The van der Waals surface area contributed by atoms with Crippen LogP contribution in [-0.4, -0.2) is 54.3 Å². The average Bonchev–Trinajstić information content (AvgIpc) is 3.14. The SMILES string of the molecule is CN(CC(=O)N1CCCC1)C(=O)C1C2CCC(C2)C1N. The van der Waals surface area contributed by atoms with E-state index in [-0.39, 0.29) is 30.3 Å². The van der Waals surface area contributed by atoms with Gasteiger partial charge in [0.1, 0.15) is 0 Å². The summed E-state index contributed by atoms with van der Waals surface area (Å²) in [5.41, 5.74) is 6.21. The smallest absolute Gasteiger partial charge is 0.242 e. The Morgan fingerprint density at radius 3 is 2.45 bits per heavy atom. The molecule has 2 N–H and O–H groups in total. The van der Waals surface area contributed by atoms with Gasteiger partial charge in [0, 0.05) is 26.2 Å². The van der Waals surface area contributed by atoms with Crippen LogP contribution in [0.5, 0.6) is 0 Å². The van der Waals surface area contributed by atoms with Crippen molar-refractivity contribution in [1.29, 1.82) is 0 Å². The number of amides is 2. The Labute approximate surface area is 120 Å². The van der Waals surface area contributed by atoms with E-state index in [1.807, 2.05) is 4.90 Å². The zero-order valence-corrected chi connectivity index (χ0v) is 12.3. The Balaban J connectivity index is 1.58. The summed E-state index contributed by atoms with van der Waals surface area (Å²) in [5, 5.41) is 0. The van der Waals surface area contributed by atoms with Gasteiger partial charge >= 0.3 is 0 Å². The molecule has 5 nitrogen and oxygen atoms in total. The lowest BCUT2D eigenvalue weighted by atomic mass is 9.84. The molecule has 5 heteroatoms.